The molecule has 1 aliphatic heterocycles. The lowest BCUT2D eigenvalue weighted by Gasteiger charge is -2.20. The molecular weight excluding hydrogens is 296 g/mol. The van der Waals surface area contributed by atoms with Gasteiger partial charge in [0.05, 0.1) is 6.54 Å². The number of thiophene rings is 1. The minimum atomic E-state index is -0.0208. The van der Waals surface area contributed by atoms with Gasteiger partial charge in [0.25, 0.3) is 5.91 Å². The van der Waals surface area contributed by atoms with Crippen molar-refractivity contribution in [1.29, 1.82) is 0 Å². The summed E-state index contributed by atoms with van der Waals surface area (Å²) < 4.78 is 0. The van der Waals surface area contributed by atoms with E-state index in [2.05, 4.69) is 17.2 Å². The van der Waals surface area contributed by atoms with Crippen LogP contribution in [0.5, 0.6) is 0 Å². The number of carbonyl (C=O) groups is 1. The fourth-order valence-corrected chi connectivity index (χ4v) is 5.05. The van der Waals surface area contributed by atoms with E-state index in [1.165, 1.54) is 22.8 Å². The van der Waals surface area contributed by atoms with Gasteiger partial charge < -0.3 is 11.1 Å². The normalized spacial score (nSPS) is 18.5. The molecule has 102 valence electrons. The second-order valence-electron chi connectivity index (χ2n) is 3.95. The molecule has 0 aromatic carbocycles. The summed E-state index contributed by atoms with van der Waals surface area (Å²) in [5.74, 6) is 9.22. The molecule has 2 rings (SSSR count). The topological polar surface area (TPSA) is 55.1 Å². The van der Waals surface area contributed by atoms with E-state index in [1.54, 1.807) is 0 Å². The molecule has 0 radical (unpaired) electrons. The van der Waals surface area contributed by atoms with Crippen LogP contribution in [0.15, 0.2) is 11.4 Å². The number of carbonyl (C=O) groups excluding carboxylic acids is 1. The van der Waals surface area contributed by atoms with Crippen molar-refractivity contribution in [3.8, 4) is 11.8 Å². The van der Waals surface area contributed by atoms with Gasteiger partial charge in [0.2, 0.25) is 0 Å². The van der Waals surface area contributed by atoms with Crippen LogP contribution in [0, 0.1) is 11.8 Å². The summed E-state index contributed by atoms with van der Waals surface area (Å²) in [4.78, 5) is 12.8. The maximum atomic E-state index is 12.1. The molecule has 1 aromatic rings. The van der Waals surface area contributed by atoms with E-state index in [0.29, 0.717) is 16.7 Å². The van der Waals surface area contributed by atoms with Crippen molar-refractivity contribution in [3.05, 3.63) is 21.9 Å². The van der Waals surface area contributed by atoms with Gasteiger partial charge in [-0.15, -0.1) is 11.3 Å². The molecule has 1 fully saturated rings. The summed E-state index contributed by atoms with van der Waals surface area (Å²) in [7, 11) is 0. The second-order valence-corrected chi connectivity index (χ2v) is 7.42. The highest BCUT2D eigenvalue weighted by molar-refractivity contribution is 8.06. The maximum Gasteiger partial charge on any atom is 0.262 e. The number of thioether (sulfide) groups is 2. The van der Waals surface area contributed by atoms with Crippen LogP contribution in [-0.2, 0) is 0 Å². The van der Waals surface area contributed by atoms with Gasteiger partial charge in [-0.05, 0) is 11.4 Å². The first-order valence-corrected chi connectivity index (χ1v) is 9.13. The van der Waals surface area contributed by atoms with E-state index in [0.717, 1.165) is 17.9 Å². The Morgan fingerprint density at radius 1 is 1.53 bits per heavy atom. The number of amides is 1. The standard InChI is InChI=1S/C13H16N2OS3/c14-4-1-2-10-3-5-19-12(10)13(16)15-8-11-9-17-6-7-18-11/h3,5,11H,4,6-9,14H2,(H,15,16). The quantitative estimate of drug-likeness (QED) is 0.833. The molecule has 0 bridgehead atoms. The molecule has 3 nitrogen and oxygen atoms in total. The van der Waals surface area contributed by atoms with Crippen molar-refractivity contribution < 1.29 is 4.79 Å². The average Bonchev–Trinajstić information content (AvgIpc) is 2.92. The lowest BCUT2D eigenvalue weighted by atomic mass is 10.2. The van der Waals surface area contributed by atoms with Crippen molar-refractivity contribution in [2.75, 3.05) is 30.3 Å². The molecule has 0 aliphatic carbocycles. The second kappa shape index (κ2) is 7.85. The van der Waals surface area contributed by atoms with Crippen LogP contribution < -0.4 is 11.1 Å². The molecule has 1 aliphatic rings. The Balaban J connectivity index is 1.90. The van der Waals surface area contributed by atoms with Gasteiger partial charge in [0.1, 0.15) is 4.88 Å². The van der Waals surface area contributed by atoms with Gasteiger partial charge in [-0.2, -0.15) is 23.5 Å². The number of hydrogen-bond acceptors (Lipinski definition) is 5. The molecule has 1 atom stereocenters. The van der Waals surface area contributed by atoms with E-state index in [4.69, 9.17) is 5.73 Å². The molecule has 1 unspecified atom stereocenters. The van der Waals surface area contributed by atoms with Crippen molar-refractivity contribution in [3.63, 3.8) is 0 Å². The largest absolute Gasteiger partial charge is 0.350 e. The first-order valence-electron chi connectivity index (χ1n) is 6.05. The SMILES string of the molecule is NCC#Cc1ccsc1C(=O)NCC1CSCCS1. The predicted octanol–water partition coefficient (Wildman–Crippen LogP) is 1.64. The Morgan fingerprint density at radius 3 is 3.16 bits per heavy atom. The van der Waals surface area contributed by atoms with Crippen LogP contribution >= 0.6 is 34.9 Å². The fourth-order valence-electron chi connectivity index (χ4n) is 1.67. The van der Waals surface area contributed by atoms with Gasteiger partial charge in [-0.3, -0.25) is 4.79 Å². The van der Waals surface area contributed by atoms with Crippen LogP contribution in [0.1, 0.15) is 15.2 Å². The number of nitrogens with two attached hydrogens (primary N) is 1. The Morgan fingerprint density at radius 2 is 2.42 bits per heavy atom. The third-order valence-electron chi connectivity index (χ3n) is 2.57. The summed E-state index contributed by atoms with van der Waals surface area (Å²) in [6, 6.07) is 1.87. The zero-order chi connectivity index (χ0) is 13.5. The van der Waals surface area contributed by atoms with Gasteiger partial charge in [0.15, 0.2) is 0 Å². The van der Waals surface area contributed by atoms with Crippen LogP contribution in [-0.4, -0.2) is 41.5 Å². The van der Waals surface area contributed by atoms with Crippen molar-refractivity contribution in [2.24, 2.45) is 5.73 Å². The minimum Gasteiger partial charge on any atom is -0.350 e. The Labute approximate surface area is 126 Å². The Hall–Kier alpha value is -0.610. The van der Waals surface area contributed by atoms with Gasteiger partial charge >= 0.3 is 0 Å². The lowest BCUT2D eigenvalue weighted by molar-refractivity contribution is 0.0958. The van der Waals surface area contributed by atoms with E-state index in [1.807, 2.05) is 35.0 Å². The smallest absolute Gasteiger partial charge is 0.262 e. The monoisotopic (exact) mass is 312 g/mol. The predicted molar refractivity (Wildman–Crippen MR) is 86.2 cm³/mol. The van der Waals surface area contributed by atoms with E-state index >= 15 is 0 Å². The molecule has 1 aromatic heterocycles. The summed E-state index contributed by atoms with van der Waals surface area (Å²) >= 11 is 5.33. The highest BCUT2D eigenvalue weighted by Gasteiger charge is 2.17. The number of nitrogens with one attached hydrogen (secondary N) is 1. The van der Waals surface area contributed by atoms with Crippen LogP contribution in [0.25, 0.3) is 0 Å². The molecule has 1 saturated heterocycles. The average molecular weight is 312 g/mol. The van der Waals surface area contributed by atoms with E-state index in [9.17, 15) is 4.79 Å². The Bertz CT molecular complexity index is 484. The molecule has 3 N–H and O–H groups in total. The molecule has 19 heavy (non-hydrogen) atoms. The van der Waals surface area contributed by atoms with Crippen LogP contribution in [0.4, 0.5) is 0 Å². The third-order valence-corrected chi connectivity index (χ3v) is 6.33. The van der Waals surface area contributed by atoms with Crippen LogP contribution in [0.3, 0.4) is 0 Å². The summed E-state index contributed by atoms with van der Waals surface area (Å²) in [6.45, 7) is 1.05. The molecule has 0 saturated carbocycles. The number of rotatable bonds is 3. The van der Waals surface area contributed by atoms with Gasteiger partial charge in [-0.1, -0.05) is 11.8 Å². The molecule has 1 amide bonds. The molecule has 2 heterocycles. The van der Waals surface area contributed by atoms with Gasteiger partial charge in [-0.25, -0.2) is 0 Å². The third kappa shape index (κ3) is 4.46. The van der Waals surface area contributed by atoms with E-state index in [-0.39, 0.29) is 5.91 Å². The molecular formula is C13H16N2OS3. The first kappa shape index (κ1) is 14.8. The van der Waals surface area contributed by atoms with Crippen molar-refractivity contribution >= 4 is 40.8 Å². The summed E-state index contributed by atoms with van der Waals surface area (Å²) in [5, 5.41) is 5.43. The number of hydrogen-bond donors (Lipinski definition) is 2. The molecule has 6 heteroatoms. The fraction of sp³-hybridized carbons (Fsp3) is 0.462. The summed E-state index contributed by atoms with van der Waals surface area (Å²) in [5.41, 5.74) is 6.13. The lowest BCUT2D eigenvalue weighted by Crippen LogP contribution is -2.33. The van der Waals surface area contributed by atoms with Gasteiger partial charge in [0, 0.05) is 34.6 Å². The first-order chi connectivity index (χ1) is 9.31. The highest BCUT2D eigenvalue weighted by atomic mass is 32.2. The van der Waals surface area contributed by atoms with Crippen molar-refractivity contribution in [1.82, 2.24) is 5.32 Å². The van der Waals surface area contributed by atoms with Crippen molar-refractivity contribution in [2.45, 2.75) is 5.25 Å². The minimum absolute atomic E-state index is 0.0208. The highest BCUT2D eigenvalue weighted by Crippen LogP contribution is 2.23. The Kier molecular flexibility index (Phi) is 6.11. The zero-order valence-electron chi connectivity index (χ0n) is 10.5. The maximum absolute atomic E-state index is 12.1. The molecule has 0 spiro atoms. The van der Waals surface area contributed by atoms with Crippen LogP contribution in [0.2, 0.25) is 0 Å². The zero-order valence-corrected chi connectivity index (χ0v) is 12.9. The summed E-state index contributed by atoms with van der Waals surface area (Å²) in [6.07, 6.45) is 0. The van der Waals surface area contributed by atoms with E-state index < -0.39 is 0 Å².